The quantitative estimate of drug-likeness (QED) is 0.246. The summed E-state index contributed by atoms with van der Waals surface area (Å²) in [5.41, 5.74) is -1.00. The average Bonchev–Trinajstić information content (AvgIpc) is 3.50. The monoisotopic (exact) mass is 551 g/mol. The van der Waals surface area contributed by atoms with Crippen molar-refractivity contribution in [2.45, 2.75) is 56.3 Å². The Labute approximate surface area is 226 Å². The van der Waals surface area contributed by atoms with Crippen LogP contribution < -0.4 is 14.8 Å². The van der Waals surface area contributed by atoms with Crippen molar-refractivity contribution in [1.82, 2.24) is 14.5 Å². The van der Waals surface area contributed by atoms with Crippen molar-refractivity contribution in [3.05, 3.63) is 71.9 Å². The third-order valence-corrected chi connectivity index (χ3v) is 7.86. The number of carbonyl (C=O) groups excluding carboxylic acids is 1. The van der Waals surface area contributed by atoms with Gasteiger partial charge in [0.2, 0.25) is 0 Å². The largest absolute Gasteiger partial charge is 0.376 e. The second kappa shape index (κ2) is 11.4. The van der Waals surface area contributed by atoms with E-state index in [0.29, 0.717) is 22.2 Å². The van der Waals surface area contributed by atoms with E-state index in [1.807, 2.05) is 6.07 Å². The molecule has 10 nitrogen and oxygen atoms in total. The summed E-state index contributed by atoms with van der Waals surface area (Å²) in [4.78, 5) is 46.4. The number of nitro groups is 1. The number of nitro benzene ring substituents is 1. The van der Waals surface area contributed by atoms with Gasteiger partial charge in [0, 0.05) is 30.5 Å². The Morgan fingerprint density at radius 2 is 2.11 bits per heavy atom. The molecule has 0 unspecified atom stereocenters. The molecule has 0 radical (unpaired) electrons. The lowest BCUT2D eigenvalue weighted by atomic mass is 9.87. The van der Waals surface area contributed by atoms with Crippen LogP contribution in [0.15, 0.2) is 51.5 Å². The number of benzene rings is 1. The second-order valence-corrected chi connectivity index (χ2v) is 11.7. The van der Waals surface area contributed by atoms with Gasteiger partial charge < -0.3 is 4.74 Å². The lowest BCUT2D eigenvalue weighted by Gasteiger charge is -2.16. The maximum absolute atomic E-state index is 13.5. The fourth-order valence-corrected chi connectivity index (χ4v) is 5.78. The minimum atomic E-state index is -0.819. The van der Waals surface area contributed by atoms with Gasteiger partial charge >= 0.3 is 0 Å². The number of aromatic nitrogens is 3. The van der Waals surface area contributed by atoms with Gasteiger partial charge in [-0.15, -0.1) is 11.3 Å². The molecule has 0 spiro atoms. The van der Waals surface area contributed by atoms with Crippen molar-refractivity contribution in [2.24, 2.45) is 5.41 Å². The second-order valence-electron chi connectivity index (χ2n) is 9.65. The summed E-state index contributed by atoms with van der Waals surface area (Å²) in [6, 6.07) is 8.29. The van der Waals surface area contributed by atoms with Crippen LogP contribution >= 0.6 is 23.1 Å². The molecule has 0 amide bonds. The lowest BCUT2D eigenvalue weighted by molar-refractivity contribution is -0.387. The fraction of sp³-hybridized carbons (Fsp3) is 0.346. The smallest absolute Gasteiger partial charge is 0.283 e. The summed E-state index contributed by atoms with van der Waals surface area (Å²) in [5.74, 6) is -0.367. The number of thiazole rings is 1. The zero-order valence-electron chi connectivity index (χ0n) is 21.0. The van der Waals surface area contributed by atoms with E-state index in [9.17, 15) is 25.0 Å². The fourth-order valence-electron chi connectivity index (χ4n) is 3.87. The van der Waals surface area contributed by atoms with Crippen LogP contribution in [0.1, 0.15) is 39.2 Å². The minimum absolute atomic E-state index is 0.0853. The third-order valence-electron chi connectivity index (χ3n) is 5.77. The zero-order chi connectivity index (χ0) is 27.4. The minimum Gasteiger partial charge on any atom is -0.376 e. The zero-order valence-corrected chi connectivity index (χ0v) is 22.7. The van der Waals surface area contributed by atoms with E-state index in [0.717, 1.165) is 35.9 Å². The van der Waals surface area contributed by atoms with Crippen LogP contribution in [-0.4, -0.2) is 38.0 Å². The van der Waals surface area contributed by atoms with E-state index in [2.05, 4.69) is 9.97 Å². The lowest BCUT2D eigenvalue weighted by Crippen LogP contribution is -2.37. The Morgan fingerprint density at radius 3 is 2.71 bits per heavy atom. The van der Waals surface area contributed by atoms with Gasteiger partial charge in [0.25, 0.3) is 11.2 Å². The maximum atomic E-state index is 13.5. The molecule has 0 N–H and O–H groups in total. The van der Waals surface area contributed by atoms with E-state index >= 15 is 0 Å². The van der Waals surface area contributed by atoms with Gasteiger partial charge in [-0.2, -0.15) is 5.26 Å². The van der Waals surface area contributed by atoms with E-state index in [1.165, 1.54) is 10.6 Å². The van der Waals surface area contributed by atoms with Gasteiger partial charge in [-0.1, -0.05) is 26.8 Å². The maximum Gasteiger partial charge on any atom is 0.283 e. The first-order chi connectivity index (χ1) is 18.1. The van der Waals surface area contributed by atoms with Crippen LogP contribution in [0.25, 0.3) is 11.6 Å². The molecule has 1 aliphatic rings. The molecule has 1 saturated heterocycles. The first-order valence-electron chi connectivity index (χ1n) is 11.8. The molecular weight excluding hydrogens is 526 g/mol. The number of nitriles is 1. The van der Waals surface area contributed by atoms with Crippen LogP contribution in [0.3, 0.4) is 0 Å². The van der Waals surface area contributed by atoms with Crippen molar-refractivity contribution < 1.29 is 14.5 Å². The molecule has 1 aliphatic heterocycles. The SMILES string of the molecule is CC(C)(C)C(=O)/C(C#N)=c1\s/c(=C\c2ccc(Sc3ncccn3)c([N+](=O)[O-])c2)c(=O)n1C[C@H]1CCCO1. The Morgan fingerprint density at radius 1 is 1.37 bits per heavy atom. The highest BCUT2D eigenvalue weighted by molar-refractivity contribution is 7.99. The molecule has 12 heteroatoms. The molecule has 1 aromatic carbocycles. The number of Topliss-reactive ketones (excluding diaryl/α,β-unsaturated/α-hetero) is 1. The molecule has 1 atom stereocenters. The number of hydrogen-bond donors (Lipinski definition) is 0. The molecular formula is C26H25N5O5S2. The number of rotatable bonds is 7. The van der Waals surface area contributed by atoms with Gasteiger partial charge in [0.05, 0.1) is 27.0 Å². The summed E-state index contributed by atoms with van der Waals surface area (Å²) in [6.45, 7) is 5.96. The van der Waals surface area contributed by atoms with E-state index < -0.39 is 10.3 Å². The predicted molar refractivity (Wildman–Crippen MR) is 143 cm³/mol. The number of ketones is 1. The Kier molecular flexibility index (Phi) is 8.20. The molecule has 4 rings (SSSR count). The van der Waals surface area contributed by atoms with E-state index in [-0.39, 0.29) is 44.4 Å². The van der Waals surface area contributed by atoms with Crippen LogP contribution in [-0.2, 0) is 16.1 Å². The van der Waals surface area contributed by atoms with Gasteiger partial charge in [-0.3, -0.25) is 24.3 Å². The molecule has 3 aromatic rings. The summed E-state index contributed by atoms with van der Waals surface area (Å²) in [6.07, 6.45) is 6.09. The van der Waals surface area contributed by atoms with Crippen molar-refractivity contribution >= 4 is 46.2 Å². The highest BCUT2D eigenvalue weighted by Gasteiger charge is 2.28. The van der Waals surface area contributed by atoms with Crippen LogP contribution in [0.2, 0.25) is 0 Å². The van der Waals surface area contributed by atoms with Gasteiger partial charge in [0.1, 0.15) is 16.3 Å². The Hall–Kier alpha value is -3.66. The summed E-state index contributed by atoms with van der Waals surface area (Å²) < 4.78 is 7.66. The average molecular weight is 552 g/mol. The summed E-state index contributed by atoms with van der Waals surface area (Å²) in [5, 5.41) is 22.1. The molecule has 38 heavy (non-hydrogen) atoms. The van der Waals surface area contributed by atoms with Crippen molar-refractivity contribution in [1.29, 1.82) is 5.26 Å². The van der Waals surface area contributed by atoms with Gasteiger partial charge in [-0.25, -0.2) is 9.97 Å². The van der Waals surface area contributed by atoms with Crippen LogP contribution in [0.4, 0.5) is 5.69 Å². The third kappa shape index (κ3) is 6.07. The molecule has 0 bridgehead atoms. The van der Waals surface area contributed by atoms with Crippen LogP contribution in [0, 0.1) is 26.9 Å². The Balaban J connectivity index is 1.86. The van der Waals surface area contributed by atoms with E-state index in [4.69, 9.17) is 4.74 Å². The number of hydrogen-bond acceptors (Lipinski definition) is 10. The van der Waals surface area contributed by atoms with Gasteiger partial charge in [-0.05, 0) is 48.4 Å². The molecule has 196 valence electrons. The van der Waals surface area contributed by atoms with Crippen molar-refractivity contribution in [3.63, 3.8) is 0 Å². The number of carbonyl (C=O) groups is 1. The summed E-state index contributed by atoms with van der Waals surface area (Å²) >= 11 is 2.09. The normalized spacial score (nSPS) is 16.8. The van der Waals surface area contributed by atoms with Crippen molar-refractivity contribution in [2.75, 3.05) is 6.61 Å². The highest BCUT2D eigenvalue weighted by Crippen LogP contribution is 2.33. The molecule has 0 saturated carbocycles. The Bertz CT molecular complexity index is 1590. The first kappa shape index (κ1) is 27.4. The van der Waals surface area contributed by atoms with Crippen molar-refractivity contribution in [3.8, 4) is 6.07 Å². The number of ether oxygens (including phenoxy) is 1. The molecule has 3 heterocycles. The first-order valence-corrected chi connectivity index (χ1v) is 13.5. The predicted octanol–water partition coefficient (Wildman–Crippen LogP) is 3.06. The molecule has 1 fully saturated rings. The highest BCUT2D eigenvalue weighted by atomic mass is 32.2. The molecule has 2 aromatic heterocycles. The topological polar surface area (TPSA) is 141 Å². The van der Waals surface area contributed by atoms with E-state index in [1.54, 1.807) is 57.4 Å². The van der Waals surface area contributed by atoms with Crippen LogP contribution in [0.5, 0.6) is 0 Å². The summed E-state index contributed by atoms with van der Waals surface area (Å²) in [7, 11) is 0. The standard InChI is InChI=1S/C26H25N5O5S2/c1-26(2,3)22(32)18(14-27)24-30(15-17-6-4-11-36-17)23(33)21(37-24)13-16-7-8-20(19(12-16)31(34)35)38-25-28-9-5-10-29-25/h5,7-10,12-13,17H,4,6,11,15H2,1-3H3/b21-13-,24-18-/t17-/m1/s1. The molecule has 0 aliphatic carbocycles. The number of nitrogens with zero attached hydrogens (tertiary/aromatic N) is 5. The van der Waals surface area contributed by atoms with Gasteiger partial charge in [0.15, 0.2) is 10.9 Å².